The van der Waals surface area contributed by atoms with Gasteiger partial charge in [0.25, 0.3) is 0 Å². The lowest BCUT2D eigenvalue weighted by Gasteiger charge is -2.20. The van der Waals surface area contributed by atoms with Crippen molar-refractivity contribution in [3.8, 4) is 28.0 Å². The van der Waals surface area contributed by atoms with Gasteiger partial charge in [-0.25, -0.2) is 0 Å². The molecule has 4 rings (SSSR count). The van der Waals surface area contributed by atoms with Gasteiger partial charge in [-0.05, 0) is 112 Å². The fraction of sp³-hybridized carbons (Fsp3) is 0.325. The lowest BCUT2D eigenvalue weighted by atomic mass is 9.91. The number of hydrogen-bond acceptors (Lipinski definition) is 5. The highest BCUT2D eigenvalue weighted by molar-refractivity contribution is 6.09. The number of ether oxygens (including phenoxy) is 2. The molecule has 0 N–H and O–H groups in total. The molecular formula is C40H43F3O5. The molecule has 4 aromatic carbocycles. The van der Waals surface area contributed by atoms with Gasteiger partial charge in [0.05, 0.1) is 23.5 Å². The first-order valence-electron chi connectivity index (χ1n) is 15.8. The number of rotatable bonds is 9. The molecule has 8 heteroatoms. The summed E-state index contributed by atoms with van der Waals surface area (Å²) < 4.78 is 48.7. The second kappa shape index (κ2) is 15.5. The predicted octanol–water partition coefficient (Wildman–Crippen LogP) is 10.5. The van der Waals surface area contributed by atoms with Gasteiger partial charge in [0, 0.05) is 11.1 Å². The van der Waals surface area contributed by atoms with Crippen LogP contribution in [0.1, 0.15) is 81.4 Å². The van der Waals surface area contributed by atoms with E-state index in [1.807, 2.05) is 78.8 Å². The SMILES string of the molecule is CCC(C)(C)C(=O)OC.CCC(C)(C)C(=O)Oc1ccc(C(=O)c2ccc(-c3ccc(-c4ccc(C(F)(F)F)cc4)c(C)c3)cc2)cc1. The Morgan fingerprint density at radius 1 is 0.625 bits per heavy atom. The van der Waals surface area contributed by atoms with E-state index < -0.39 is 17.2 Å². The van der Waals surface area contributed by atoms with Crippen molar-refractivity contribution in [2.45, 2.75) is 67.5 Å². The molecule has 0 saturated heterocycles. The van der Waals surface area contributed by atoms with Crippen LogP contribution in [0.4, 0.5) is 13.2 Å². The van der Waals surface area contributed by atoms with E-state index in [2.05, 4.69) is 4.74 Å². The number of ketones is 1. The summed E-state index contributed by atoms with van der Waals surface area (Å²) in [6, 6.07) is 24.7. The van der Waals surface area contributed by atoms with E-state index in [9.17, 15) is 27.6 Å². The van der Waals surface area contributed by atoms with Gasteiger partial charge in [0.15, 0.2) is 5.78 Å². The highest BCUT2D eigenvalue weighted by atomic mass is 19.4. The van der Waals surface area contributed by atoms with Gasteiger partial charge in [-0.2, -0.15) is 13.2 Å². The van der Waals surface area contributed by atoms with Crippen molar-refractivity contribution in [1.29, 1.82) is 0 Å². The number of carbonyl (C=O) groups excluding carboxylic acids is 3. The Bertz CT molecular complexity index is 1720. The smallest absolute Gasteiger partial charge is 0.416 e. The van der Waals surface area contributed by atoms with Crippen molar-refractivity contribution >= 4 is 17.7 Å². The fourth-order valence-corrected chi connectivity index (χ4v) is 4.47. The molecule has 0 aliphatic rings. The number of esters is 2. The molecule has 0 saturated carbocycles. The van der Waals surface area contributed by atoms with E-state index in [1.165, 1.54) is 19.2 Å². The monoisotopic (exact) mass is 660 g/mol. The summed E-state index contributed by atoms with van der Waals surface area (Å²) in [7, 11) is 1.42. The second-order valence-corrected chi connectivity index (χ2v) is 12.9. The van der Waals surface area contributed by atoms with Gasteiger partial charge in [-0.1, -0.05) is 68.4 Å². The highest BCUT2D eigenvalue weighted by Crippen LogP contribution is 2.33. The zero-order valence-electron chi connectivity index (χ0n) is 28.7. The highest BCUT2D eigenvalue weighted by Gasteiger charge is 2.30. The van der Waals surface area contributed by atoms with E-state index in [0.717, 1.165) is 40.8 Å². The first-order chi connectivity index (χ1) is 22.4. The normalized spacial score (nSPS) is 11.6. The molecule has 254 valence electrons. The Labute approximate surface area is 281 Å². The maximum atomic E-state index is 13.0. The molecule has 0 spiro atoms. The average molecular weight is 661 g/mol. The summed E-state index contributed by atoms with van der Waals surface area (Å²) in [5.41, 5.74) is 3.77. The standard InChI is InChI=1S/C33H29F3O3.C7H14O2/c1-5-32(3,4)31(38)39-28-17-12-25(13-18-28)30(37)24-8-6-22(7-9-24)26-14-19-29(21(2)20-26)23-10-15-27(16-11-23)33(34,35)36;1-5-7(2,3)6(8)9-4/h6-20H,5H2,1-4H3;5H2,1-4H3. The predicted molar refractivity (Wildman–Crippen MR) is 183 cm³/mol. The summed E-state index contributed by atoms with van der Waals surface area (Å²) in [5, 5.41) is 0. The molecule has 0 unspecified atom stereocenters. The van der Waals surface area contributed by atoms with E-state index in [0.29, 0.717) is 28.9 Å². The largest absolute Gasteiger partial charge is 0.469 e. The van der Waals surface area contributed by atoms with Crippen LogP contribution in [-0.2, 0) is 20.5 Å². The minimum atomic E-state index is -4.37. The number of methoxy groups -OCH3 is 1. The zero-order valence-corrected chi connectivity index (χ0v) is 28.7. The van der Waals surface area contributed by atoms with Crippen LogP contribution in [0, 0.1) is 17.8 Å². The molecule has 0 atom stereocenters. The molecule has 0 fully saturated rings. The molecule has 5 nitrogen and oxygen atoms in total. The van der Waals surface area contributed by atoms with Gasteiger partial charge in [-0.3, -0.25) is 14.4 Å². The van der Waals surface area contributed by atoms with Crippen LogP contribution < -0.4 is 4.74 Å². The maximum absolute atomic E-state index is 13.0. The van der Waals surface area contributed by atoms with Crippen LogP contribution in [0.2, 0.25) is 0 Å². The molecule has 4 aromatic rings. The topological polar surface area (TPSA) is 69.7 Å². The summed E-state index contributed by atoms with van der Waals surface area (Å²) in [6.07, 6.45) is -2.89. The van der Waals surface area contributed by atoms with Crippen LogP contribution in [-0.4, -0.2) is 24.8 Å². The number of aryl methyl sites for hydroxylation is 1. The maximum Gasteiger partial charge on any atom is 0.416 e. The van der Waals surface area contributed by atoms with Gasteiger partial charge < -0.3 is 9.47 Å². The Hall–Kier alpha value is -4.72. The van der Waals surface area contributed by atoms with Gasteiger partial charge in [0.1, 0.15) is 5.75 Å². The van der Waals surface area contributed by atoms with Crippen molar-refractivity contribution < 1.29 is 37.0 Å². The summed E-state index contributed by atoms with van der Waals surface area (Å²) in [4.78, 5) is 36.1. The summed E-state index contributed by atoms with van der Waals surface area (Å²) >= 11 is 0. The second-order valence-electron chi connectivity index (χ2n) is 12.9. The Morgan fingerprint density at radius 2 is 1.08 bits per heavy atom. The molecular weight excluding hydrogens is 617 g/mol. The van der Waals surface area contributed by atoms with E-state index in [1.54, 1.807) is 36.4 Å². The zero-order chi connectivity index (χ0) is 35.9. The van der Waals surface area contributed by atoms with Crippen molar-refractivity contribution in [2.24, 2.45) is 10.8 Å². The average Bonchev–Trinajstić information content (AvgIpc) is 3.07. The minimum Gasteiger partial charge on any atom is -0.469 e. The van der Waals surface area contributed by atoms with Crippen LogP contribution >= 0.6 is 0 Å². The van der Waals surface area contributed by atoms with E-state index in [-0.39, 0.29) is 23.1 Å². The molecule has 0 aliphatic heterocycles. The third-order valence-corrected chi connectivity index (χ3v) is 8.62. The number of benzene rings is 4. The van der Waals surface area contributed by atoms with Crippen molar-refractivity contribution in [3.63, 3.8) is 0 Å². The first kappa shape index (κ1) is 37.7. The number of hydrogen-bond donors (Lipinski definition) is 0. The van der Waals surface area contributed by atoms with Gasteiger partial charge in [-0.15, -0.1) is 0 Å². The third kappa shape index (κ3) is 9.43. The van der Waals surface area contributed by atoms with Gasteiger partial charge >= 0.3 is 18.1 Å². The number of halogens is 3. The van der Waals surface area contributed by atoms with Crippen LogP contribution in [0.3, 0.4) is 0 Å². The first-order valence-corrected chi connectivity index (χ1v) is 15.8. The summed E-state index contributed by atoms with van der Waals surface area (Å²) in [5.74, 6) is -0.210. The lowest BCUT2D eigenvalue weighted by molar-refractivity contribution is -0.151. The van der Waals surface area contributed by atoms with Crippen LogP contribution in [0.25, 0.3) is 22.3 Å². The third-order valence-electron chi connectivity index (χ3n) is 8.62. The molecule has 0 aromatic heterocycles. The van der Waals surface area contributed by atoms with E-state index in [4.69, 9.17) is 4.74 Å². The fourth-order valence-electron chi connectivity index (χ4n) is 4.47. The van der Waals surface area contributed by atoms with E-state index >= 15 is 0 Å². The number of alkyl halides is 3. The van der Waals surface area contributed by atoms with Crippen LogP contribution in [0.5, 0.6) is 5.75 Å². The Kier molecular flexibility index (Phi) is 12.1. The van der Waals surface area contributed by atoms with Crippen LogP contribution in [0.15, 0.2) is 91.0 Å². The Balaban J connectivity index is 0.000000609. The van der Waals surface area contributed by atoms with Crippen molar-refractivity contribution in [2.75, 3.05) is 7.11 Å². The van der Waals surface area contributed by atoms with Crippen molar-refractivity contribution in [3.05, 3.63) is 113 Å². The molecule has 0 aliphatic carbocycles. The van der Waals surface area contributed by atoms with Gasteiger partial charge in [0.2, 0.25) is 0 Å². The molecule has 0 bridgehead atoms. The molecule has 0 heterocycles. The molecule has 0 radical (unpaired) electrons. The minimum absolute atomic E-state index is 0.134. The van der Waals surface area contributed by atoms with Crippen molar-refractivity contribution in [1.82, 2.24) is 0 Å². The molecule has 48 heavy (non-hydrogen) atoms. The number of carbonyl (C=O) groups is 3. The quantitative estimate of drug-likeness (QED) is 0.102. The Morgan fingerprint density at radius 3 is 1.52 bits per heavy atom. The molecule has 0 amide bonds. The summed E-state index contributed by atoms with van der Waals surface area (Å²) in [6.45, 7) is 13.2. The lowest BCUT2D eigenvalue weighted by Crippen LogP contribution is -2.28.